The van der Waals surface area contributed by atoms with Gasteiger partial charge < -0.3 is 0 Å². The van der Waals surface area contributed by atoms with E-state index in [1.807, 2.05) is 6.08 Å². The summed E-state index contributed by atoms with van der Waals surface area (Å²) in [6.45, 7) is 0. The van der Waals surface area contributed by atoms with E-state index in [1.54, 1.807) is 0 Å². The number of halogens is 1. The van der Waals surface area contributed by atoms with Gasteiger partial charge in [-0.3, -0.25) is 4.79 Å². The van der Waals surface area contributed by atoms with Crippen LogP contribution in [0, 0.1) is 11.8 Å². The first-order chi connectivity index (χ1) is 9.79. The van der Waals surface area contributed by atoms with Crippen LogP contribution in [0.4, 0.5) is 0 Å². The second-order valence-corrected chi connectivity index (χ2v) is 5.95. The van der Waals surface area contributed by atoms with Gasteiger partial charge in [-0.15, -0.1) is 0 Å². The lowest BCUT2D eigenvalue weighted by Crippen LogP contribution is -2.27. The maximum atomic E-state index is 12.2. The van der Waals surface area contributed by atoms with Crippen LogP contribution < -0.4 is 0 Å². The molecule has 0 bridgehead atoms. The Morgan fingerprint density at radius 2 is 1.90 bits per heavy atom. The number of hydrogen-bond donors (Lipinski definition) is 0. The number of allylic oxidation sites excluding steroid dienone is 14. The van der Waals surface area contributed by atoms with E-state index in [0.717, 1.165) is 0 Å². The zero-order chi connectivity index (χ0) is 13.7. The molecule has 0 aromatic heterocycles. The predicted molar refractivity (Wildman–Crippen MR) is 84.5 cm³/mol. The van der Waals surface area contributed by atoms with E-state index in [1.165, 1.54) is 27.9 Å². The summed E-state index contributed by atoms with van der Waals surface area (Å²) in [5.74, 6) is 0.433. The van der Waals surface area contributed by atoms with Crippen molar-refractivity contribution in [1.29, 1.82) is 0 Å². The van der Waals surface area contributed by atoms with Crippen LogP contribution in [0.1, 0.15) is 0 Å². The fourth-order valence-corrected chi connectivity index (χ4v) is 3.78. The van der Waals surface area contributed by atoms with Crippen LogP contribution in [0.15, 0.2) is 82.5 Å². The van der Waals surface area contributed by atoms with Gasteiger partial charge in [-0.1, -0.05) is 70.6 Å². The maximum absolute atomic E-state index is 12.2. The van der Waals surface area contributed by atoms with Crippen molar-refractivity contribution < 1.29 is 4.79 Å². The topological polar surface area (TPSA) is 17.1 Å². The minimum absolute atomic E-state index is 0.107. The molecule has 0 aromatic carbocycles. The molecular weight excluding hydrogens is 312 g/mol. The van der Waals surface area contributed by atoms with E-state index < -0.39 is 0 Å². The highest BCUT2D eigenvalue weighted by molar-refractivity contribution is 9.09. The van der Waals surface area contributed by atoms with Crippen LogP contribution in [-0.2, 0) is 4.79 Å². The van der Waals surface area contributed by atoms with Gasteiger partial charge in [0, 0.05) is 5.92 Å². The normalized spacial score (nSPS) is 28.8. The summed E-state index contributed by atoms with van der Waals surface area (Å²) in [5, 5.41) is 0.404. The Balaban J connectivity index is 1.92. The van der Waals surface area contributed by atoms with Crippen LogP contribution in [0.5, 0.6) is 0 Å². The minimum Gasteiger partial charge on any atom is -0.298 e. The molecule has 0 radical (unpaired) electrons. The van der Waals surface area contributed by atoms with Gasteiger partial charge in [0.15, 0.2) is 5.78 Å². The molecule has 0 spiro atoms. The Bertz CT molecular complexity index is 723. The average Bonchev–Trinajstić information content (AvgIpc) is 2.51. The van der Waals surface area contributed by atoms with Gasteiger partial charge in [0.05, 0.1) is 11.2 Å². The second kappa shape index (κ2) is 4.42. The molecule has 0 amide bonds. The first kappa shape index (κ1) is 12.1. The largest absolute Gasteiger partial charge is 0.298 e. The molecule has 4 aliphatic carbocycles. The van der Waals surface area contributed by atoms with Crippen LogP contribution in [-0.4, -0.2) is 11.1 Å². The van der Waals surface area contributed by atoms with E-state index in [0.29, 0.717) is 11.2 Å². The molecule has 1 nitrogen and oxygen atoms in total. The van der Waals surface area contributed by atoms with Crippen molar-refractivity contribution in [2.24, 2.45) is 11.8 Å². The van der Waals surface area contributed by atoms with E-state index >= 15 is 0 Å². The van der Waals surface area contributed by atoms with Crippen molar-refractivity contribution >= 4 is 21.7 Å². The molecule has 0 saturated heterocycles. The highest BCUT2D eigenvalue weighted by atomic mass is 79.9. The van der Waals surface area contributed by atoms with E-state index in [-0.39, 0.29) is 11.7 Å². The second-order valence-electron chi connectivity index (χ2n) is 5.39. The first-order valence-corrected chi connectivity index (χ1v) is 7.91. The summed E-state index contributed by atoms with van der Waals surface area (Å²) < 4.78 is 0. The smallest absolute Gasteiger partial charge is 0.154 e. The van der Waals surface area contributed by atoms with Gasteiger partial charge in [0.25, 0.3) is 0 Å². The third-order valence-electron chi connectivity index (χ3n) is 4.35. The fraction of sp³-hybridized carbons (Fsp3) is 0.167. The minimum atomic E-state index is -0.107. The molecule has 0 aromatic rings. The lowest BCUT2D eigenvalue weighted by Gasteiger charge is -2.36. The molecule has 98 valence electrons. The highest BCUT2D eigenvalue weighted by Crippen LogP contribution is 2.47. The lowest BCUT2D eigenvalue weighted by atomic mass is 9.67. The van der Waals surface area contributed by atoms with Crippen LogP contribution >= 0.6 is 15.9 Å². The molecular formula is C18H13BrO. The average molecular weight is 325 g/mol. The van der Waals surface area contributed by atoms with Crippen molar-refractivity contribution in [3.05, 3.63) is 82.5 Å². The van der Waals surface area contributed by atoms with Crippen molar-refractivity contribution in [2.45, 2.75) is 0 Å². The number of hydrogen-bond acceptors (Lipinski definition) is 1. The number of rotatable bonds is 2. The van der Waals surface area contributed by atoms with E-state index in [4.69, 9.17) is 0 Å². The van der Waals surface area contributed by atoms with Crippen LogP contribution in [0.25, 0.3) is 0 Å². The third kappa shape index (κ3) is 1.58. The summed E-state index contributed by atoms with van der Waals surface area (Å²) in [6, 6.07) is 0. The van der Waals surface area contributed by atoms with Crippen molar-refractivity contribution in [3.63, 3.8) is 0 Å². The quantitative estimate of drug-likeness (QED) is 0.702. The molecule has 20 heavy (non-hydrogen) atoms. The number of carbonyl (C=O) groups excluding carboxylic acids is 1. The molecule has 4 aliphatic rings. The van der Waals surface area contributed by atoms with Gasteiger partial charge in [0.1, 0.15) is 0 Å². The monoisotopic (exact) mass is 324 g/mol. The summed E-state index contributed by atoms with van der Waals surface area (Å²) >= 11 is 3.30. The van der Waals surface area contributed by atoms with Gasteiger partial charge in [-0.25, -0.2) is 0 Å². The Morgan fingerprint density at radius 1 is 1.05 bits per heavy atom. The van der Waals surface area contributed by atoms with E-state index in [9.17, 15) is 4.79 Å². The molecule has 2 unspecified atom stereocenters. The number of carbonyl (C=O) groups is 1. The van der Waals surface area contributed by atoms with Gasteiger partial charge in [-0.2, -0.15) is 0 Å². The van der Waals surface area contributed by atoms with Crippen molar-refractivity contribution in [2.75, 3.05) is 5.33 Å². The zero-order valence-electron chi connectivity index (χ0n) is 10.8. The third-order valence-corrected chi connectivity index (χ3v) is 4.90. The zero-order valence-corrected chi connectivity index (χ0v) is 12.4. The summed E-state index contributed by atoms with van der Waals surface area (Å²) in [6.07, 6.45) is 19.2. The number of alkyl halides is 1. The molecule has 0 heterocycles. The molecule has 4 rings (SSSR count). The molecule has 0 N–H and O–H groups in total. The molecule has 0 fully saturated rings. The number of Topliss-reactive ketones (excluding diaryl/α,β-unsaturated/α-hetero) is 1. The standard InChI is InChI=1S/C18H13BrO/c19-10-16(20)14-8-6-13-5-4-11-2-1-3-12-7-9-15(14)18(13)17(11)12/h1-9,14,17H,10H2. The molecule has 2 atom stereocenters. The number of ketones is 1. The Labute approximate surface area is 126 Å². The molecule has 2 heteroatoms. The predicted octanol–water partition coefficient (Wildman–Crippen LogP) is 3.98. The Kier molecular flexibility index (Phi) is 2.67. The van der Waals surface area contributed by atoms with E-state index in [2.05, 4.69) is 64.5 Å². The SMILES string of the molecule is O=C(CBr)C1C=CC2=CC=C3C=CC=C4C=CC1=C2C43. The van der Waals surface area contributed by atoms with Crippen LogP contribution in [0.2, 0.25) is 0 Å². The lowest BCUT2D eigenvalue weighted by molar-refractivity contribution is -0.117. The van der Waals surface area contributed by atoms with Crippen molar-refractivity contribution in [3.8, 4) is 0 Å². The van der Waals surface area contributed by atoms with Crippen molar-refractivity contribution in [1.82, 2.24) is 0 Å². The highest BCUT2D eigenvalue weighted by Gasteiger charge is 2.35. The summed E-state index contributed by atoms with van der Waals surface area (Å²) in [5.41, 5.74) is 6.39. The van der Waals surface area contributed by atoms with Gasteiger partial charge in [0.2, 0.25) is 0 Å². The Morgan fingerprint density at radius 3 is 2.75 bits per heavy atom. The fourth-order valence-electron chi connectivity index (χ4n) is 3.43. The van der Waals surface area contributed by atoms with Gasteiger partial charge >= 0.3 is 0 Å². The molecule has 0 saturated carbocycles. The molecule has 0 aliphatic heterocycles. The Hall–Kier alpha value is -1.67. The van der Waals surface area contributed by atoms with Crippen LogP contribution in [0.3, 0.4) is 0 Å². The van der Waals surface area contributed by atoms with Gasteiger partial charge in [-0.05, 0) is 27.9 Å². The summed E-state index contributed by atoms with van der Waals surface area (Å²) in [7, 11) is 0. The maximum Gasteiger partial charge on any atom is 0.154 e. The first-order valence-electron chi connectivity index (χ1n) is 6.79. The summed E-state index contributed by atoms with van der Waals surface area (Å²) in [4.78, 5) is 12.2.